The van der Waals surface area contributed by atoms with Gasteiger partial charge in [0.25, 0.3) is 0 Å². The Morgan fingerprint density at radius 2 is 1.81 bits per heavy atom. The van der Waals surface area contributed by atoms with Crippen LogP contribution in [0, 0.1) is 11.3 Å². The summed E-state index contributed by atoms with van der Waals surface area (Å²) in [5.74, 6) is 0.0214. The van der Waals surface area contributed by atoms with E-state index in [1.807, 2.05) is 0 Å². The SMILES string of the molecule is CC(Cn1c2ccccc2c2ccccc21)NCC(=O)N1CCC[C@H]1C#N. The normalized spacial score (nSPS) is 18.1. The third-order valence-electron chi connectivity index (χ3n) is 5.46. The van der Waals surface area contributed by atoms with E-state index in [2.05, 4.69) is 71.4 Å². The van der Waals surface area contributed by atoms with E-state index in [1.54, 1.807) is 4.90 Å². The summed E-state index contributed by atoms with van der Waals surface area (Å²) in [5, 5.41) is 15.0. The lowest BCUT2D eigenvalue weighted by atomic mass is 10.2. The Morgan fingerprint density at radius 1 is 1.19 bits per heavy atom. The van der Waals surface area contributed by atoms with Crippen molar-refractivity contribution in [3.8, 4) is 6.07 Å². The largest absolute Gasteiger partial charge is 0.339 e. The average Bonchev–Trinajstić information content (AvgIpc) is 3.30. The molecule has 0 radical (unpaired) electrons. The van der Waals surface area contributed by atoms with Gasteiger partial charge < -0.3 is 14.8 Å². The van der Waals surface area contributed by atoms with Gasteiger partial charge in [0.2, 0.25) is 5.91 Å². The van der Waals surface area contributed by atoms with Gasteiger partial charge in [0.15, 0.2) is 0 Å². The molecule has 2 atom stereocenters. The fourth-order valence-corrected chi connectivity index (χ4v) is 4.10. The molecule has 0 aliphatic carbocycles. The fourth-order valence-electron chi connectivity index (χ4n) is 4.10. The van der Waals surface area contributed by atoms with E-state index in [9.17, 15) is 4.79 Å². The summed E-state index contributed by atoms with van der Waals surface area (Å²) in [6, 6.07) is 19.0. The zero-order valence-electron chi connectivity index (χ0n) is 15.6. The predicted octanol–water partition coefficient (Wildman–Crippen LogP) is 3.29. The molecule has 5 heteroatoms. The number of likely N-dealkylation sites (tertiary alicyclic amines) is 1. The van der Waals surface area contributed by atoms with Crippen LogP contribution in [-0.2, 0) is 11.3 Å². The summed E-state index contributed by atoms with van der Waals surface area (Å²) in [5.41, 5.74) is 2.42. The first kappa shape index (κ1) is 17.6. The second kappa shape index (κ2) is 7.42. The third kappa shape index (κ3) is 3.29. The number of hydrogen-bond acceptors (Lipinski definition) is 3. The van der Waals surface area contributed by atoms with E-state index >= 15 is 0 Å². The standard InChI is InChI=1S/C22H24N4O/c1-16(24-14-22(27)25-12-6-7-17(25)13-23)15-26-20-10-4-2-8-18(20)19-9-3-5-11-21(19)26/h2-5,8-11,16-17,24H,6-7,12,14-15H2,1H3/t16?,17-/m0/s1. The maximum Gasteiger partial charge on any atom is 0.237 e. The molecule has 1 N–H and O–H groups in total. The lowest BCUT2D eigenvalue weighted by Crippen LogP contribution is -2.43. The second-order valence-electron chi connectivity index (χ2n) is 7.30. The van der Waals surface area contributed by atoms with E-state index in [1.165, 1.54) is 21.8 Å². The lowest BCUT2D eigenvalue weighted by molar-refractivity contribution is -0.130. The molecule has 1 aliphatic rings. The van der Waals surface area contributed by atoms with E-state index in [4.69, 9.17) is 5.26 Å². The molecular weight excluding hydrogens is 336 g/mol. The van der Waals surface area contributed by atoms with E-state index < -0.39 is 0 Å². The molecule has 1 saturated heterocycles. The zero-order chi connectivity index (χ0) is 18.8. The average molecular weight is 360 g/mol. The van der Waals surface area contributed by atoms with Crippen molar-refractivity contribution in [2.24, 2.45) is 0 Å². The first-order valence-corrected chi connectivity index (χ1v) is 9.57. The molecule has 3 aromatic rings. The minimum absolute atomic E-state index is 0.0214. The Morgan fingerprint density at radius 3 is 2.44 bits per heavy atom. The van der Waals surface area contributed by atoms with Crippen LogP contribution in [-0.4, -0.2) is 40.5 Å². The number of benzene rings is 2. The van der Waals surface area contributed by atoms with Gasteiger partial charge >= 0.3 is 0 Å². The van der Waals surface area contributed by atoms with Crippen LogP contribution in [0.1, 0.15) is 19.8 Å². The maximum atomic E-state index is 12.5. The molecule has 138 valence electrons. The van der Waals surface area contributed by atoms with Crippen molar-refractivity contribution in [3.63, 3.8) is 0 Å². The number of fused-ring (bicyclic) bond motifs is 3. The maximum absolute atomic E-state index is 12.5. The van der Waals surface area contributed by atoms with Gasteiger partial charge in [0.1, 0.15) is 6.04 Å². The Balaban J connectivity index is 1.49. The Hall–Kier alpha value is -2.84. The van der Waals surface area contributed by atoms with Crippen LogP contribution in [0.4, 0.5) is 0 Å². The molecular formula is C22H24N4O. The smallest absolute Gasteiger partial charge is 0.237 e. The van der Waals surface area contributed by atoms with Crippen LogP contribution < -0.4 is 5.32 Å². The topological polar surface area (TPSA) is 61.1 Å². The van der Waals surface area contributed by atoms with Gasteiger partial charge in [-0.1, -0.05) is 36.4 Å². The molecule has 5 nitrogen and oxygen atoms in total. The fraction of sp³-hybridized carbons (Fsp3) is 0.364. The molecule has 1 fully saturated rings. The molecule has 0 bridgehead atoms. The van der Waals surface area contributed by atoms with Crippen LogP contribution >= 0.6 is 0 Å². The highest BCUT2D eigenvalue weighted by atomic mass is 16.2. The lowest BCUT2D eigenvalue weighted by Gasteiger charge is -2.22. The summed E-state index contributed by atoms with van der Waals surface area (Å²) in [7, 11) is 0. The summed E-state index contributed by atoms with van der Waals surface area (Å²) in [4.78, 5) is 14.2. The Bertz CT molecular complexity index is 963. The van der Waals surface area contributed by atoms with Crippen molar-refractivity contribution in [3.05, 3.63) is 48.5 Å². The van der Waals surface area contributed by atoms with Gasteiger partial charge in [0.05, 0.1) is 12.6 Å². The number of rotatable bonds is 5. The van der Waals surface area contributed by atoms with Crippen LogP contribution in [0.2, 0.25) is 0 Å². The van der Waals surface area contributed by atoms with Gasteiger partial charge in [-0.3, -0.25) is 4.79 Å². The molecule has 0 spiro atoms. The highest BCUT2D eigenvalue weighted by molar-refractivity contribution is 6.07. The van der Waals surface area contributed by atoms with Crippen LogP contribution in [0.25, 0.3) is 21.8 Å². The summed E-state index contributed by atoms with van der Waals surface area (Å²) in [6.45, 7) is 3.85. The van der Waals surface area contributed by atoms with E-state index in [-0.39, 0.29) is 24.5 Å². The minimum Gasteiger partial charge on any atom is -0.339 e. The zero-order valence-corrected chi connectivity index (χ0v) is 15.6. The van der Waals surface area contributed by atoms with Crippen molar-refractivity contribution in [2.75, 3.05) is 13.1 Å². The number of nitriles is 1. The summed E-state index contributed by atoms with van der Waals surface area (Å²) < 4.78 is 2.32. The highest BCUT2D eigenvalue weighted by Gasteiger charge is 2.28. The molecule has 2 aromatic carbocycles. The van der Waals surface area contributed by atoms with Crippen molar-refractivity contribution < 1.29 is 4.79 Å². The Labute approximate surface area is 159 Å². The first-order chi connectivity index (χ1) is 13.2. The molecule has 0 saturated carbocycles. The van der Waals surface area contributed by atoms with Crippen molar-refractivity contribution >= 4 is 27.7 Å². The summed E-state index contributed by atoms with van der Waals surface area (Å²) in [6.07, 6.45) is 1.71. The van der Waals surface area contributed by atoms with Crippen molar-refractivity contribution in [1.82, 2.24) is 14.8 Å². The molecule has 4 rings (SSSR count). The van der Waals surface area contributed by atoms with Gasteiger partial charge in [-0.25, -0.2) is 0 Å². The van der Waals surface area contributed by atoms with Crippen LogP contribution in [0.15, 0.2) is 48.5 Å². The number of aromatic nitrogens is 1. The van der Waals surface area contributed by atoms with Crippen molar-refractivity contribution in [1.29, 1.82) is 5.26 Å². The van der Waals surface area contributed by atoms with E-state index in [0.29, 0.717) is 6.54 Å². The molecule has 1 unspecified atom stereocenters. The predicted molar refractivity (Wildman–Crippen MR) is 107 cm³/mol. The highest BCUT2D eigenvalue weighted by Crippen LogP contribution is 2.28. The number of hydrogen-bond donors (Lipinski definition) is 1. The van der Waals surface area contributed by atoms with Gasteiger partial charge in [-0.05, 0) is 31.9 Å². The molecule has 1 aromatic heterocycles. The molecule has 27 heavy (non-hydrogen) atoms. The number of amides is 1. The van der Waals surface area contributed by atoms with Gasteiger partial charge in [0, 0.05) is 40.9 Å². The number of nitrogens with one attached hydrogen (secondary N) is 1. The quantitative estimate of drug-likeness (QED) is 0.759. The second-order valence-corrected chi connectivity index (χ2v) is 7.30. The van der Waals surface area contributed by atoms with Crippen LogP contribution in [0.3, 0.4) is 0 Å². The van der Waals surface area contributed by atoms with Crippen molar-refractivity contribution in [2.45, 2.75) is 38.4 Å². The number of carbonyl (C=O) groups is 1. The van der Waals surface area contributed by atoms with Gasteiger partial charge in [-0.2, -0.15) is 5.26 Å². The minimum atomic E-state index is -0.257. The van der Waals surface area contributed by atoms with E-state index in [0.717, 1.165) is 19.4 Å². The monoisotopic (exact) mass is 360 g/mol. The number of nitrogens with zero attached hydrogens (tertiary/aromatic N) is 3. The molecule has 1 aliphatic heterocycles. The molecule has 2 heterocycles. The number of carbonyl (C=O) groups excluding carboxylic acids is 1. The molecule has 1 amide bonds. The third-order valence-corrected chi connectivity index (χ3v) is 5.46. The number of para-hydroxylation sites is 2. The Kier molecular flexibility index (Phi) is 4.83. The first-order valence-electron chi connectivity index (χ1n) is 9.57. The van der Waals surface area contributed by atoms with Crippen LogP contribution in [0.5, 0.6) is 0 Å². The van der Waals surface area contributed by atoms with Gasteiger partial charge in [-0.15, -0.1) is 0 Å². The summed E-state index contributed by atoms with van der Waals surface area (Å²) >= 11 is 0.